The van der Waals surface area contributed by atoms with Gasteiger partial charge in [0.25, 0.3) is 0 Å². The largest absolute Gasteiger partial charge is 0.381 e. The molecule has 2 fully saturated rings. The van der Waals surface area contributed by atoms with E-state index in [2.05, 4.69) is 23.1 Å². The summed E-state index contributed by atoms with van der Waals surface area (Å²) in [4.78, 5) is 7.44. The second-order valence-electron chi connectivity index (χ2n) is 5.69. The van der Waals surface area contributed by atoms with Crippen molar-refractivity contribution < 1.29 is 4.74 Å². The lowest BCUT2D eigenvalue weighted by Gasteiger charge is -2.20. The van der Waals surface area contributed by atoms with Gasteiger partial charge in [-0.1, -0.05) is 12.2 Å². The average molecular weight is 260 g/mol. The van der Waals surface area contributed by atoms with Crippen molar-refractivity contribution in [3.63, 3.8) is 0 Å². The Morgan fingerprint density at radius 3 is 2.89 bits per heavy atom. The molecule has 0 spiro atoms. The minimum atomic E-state index is 0.622. The lowest BCUT2D eigenvalue weighted by atomic mass is 9.93. The van der Waals surface area contributed by atoms with E-state index in [1.54, 1.807) is 0 Å². The molecule has 3 heteroatoms. The molecule has 0 bridgehead atoms. The maximum atomic E-state index is 5.58. The molecule has 3 rings (SSSR count). The van der Waals surface area contributed by atoms with Crippen molar-refractivity contribution in [3.8, 4) is 0 Å². The maximum Gasteiger partial charge on any atom is 0.128 e. The number of ether oxygens (including phenoxy) is 1. The Balaban J connectivity index is 1.75. The molecule has 0 aromatic heterocycles. The van der Waals surface area contributed by atoms with Crippen molar-refractivity contribution in [1.82, 2.24) is 4.90 Å². The molecular formula is C16H24N2O. The highest BCUT2D eigenvalue weighted by atomic mass is 16.5. The molecule has 0 radical (unpaired) electrons. The van der Waals surface area contributed by atoms with Gasteiger partial charge in [-0.25, -0.2) is 4.99 Å². The van der Waals surface area contributed by atoms with Gasteiger partial charge in [0.05, 0.1) is 0 Å². The van der Waals surface area contributed by atoms with Crippen LogP contribution in [0.5, 0.6) is 0 Å². The topological polar surface area (TPSA) is 24.8 Å². The van der Waals surface area contributed by atoms with Gasteiger partial charge in [0, 0.05) is 38.4 Å². The zero-order valence-corrected chi connectivity index (χ0v) is 11.7. The van der Waals surface area contributed by atoms with Crippen LogP contribution in [0.25, 0.3) is 0 Å². The molecule has 2 saturated heterocycles. The number of likely N-dealkylation sites (tertiary alicyclic amines) is 1. The number of allylic oxidation sites excluding steroid dienone is 3. The summed E-state index contributed by atoms with van der Waals surface area (Å²) in [6, 6.07) is 0. The lowest BCUT2D eigenvalue weighted by Crippen LogP contribution is -2.20. The van der Waals surface area contributed by atoms with Crippen LogP contribution in [0.2, 0.25) is 0 Å². The summed E-state index contributed by atoms with van der Waals surface area (Å²) in [5.74, 6) is 1.81. The average Bonchev–Trinajstić information content (AvgIpc) is 2.69. The highest BCUT2D eigenvalue weighted by molar-refractivity contribution is 5.89. The second-order valence-corrected chi connectivity index (χ2v) is 5.69. The van der Waals surface area contributed by atoms with E-state index in [-0.39, 0.29) is 0 Å². The zero-order valence-electron chi connectivity index (χ0n) is 11.7. The normalized spacial score (nSPS) is 28.6. The molecule has 19 heavy (non-hydrogen) atoms. The molecule has 0 aromatic carbocycles. The molecule has 3 aliphatic heterocycles. The van der Waals surface area contributed by atoms with E-state index in [4.69, 9.17) is 9.73 Å². The third-order valence-corrected chi connectivity index (χ3v) is 4.32. The molecule has 0 aromatic rings. The van der Waals surface area contributed by atoms with Crippen molar-refractivity contribution in [2.45, 2.75) is 38.5 Å². The first-order valence-corrected chi connectivity index (χ1v) is 7.70. The number of hydrogen-bond donors (Lipinski definition) is 0. The molecule has 104 valence electrons. The Labute approximate surface area is 116 Å². The predicted octanol–water partition coefficient (Wildman–Crippen LogP) is 3.14. The van der Waals surface area contributed by atoms with Gasteiger partial charge in [-0.2, -0.15) is 0 Å². The molecular weight excluding hydrogens is 236 g/mol. The fourth-order valence-electron chi connectivity index (χ4n) is 3.19. The third kappa shape index (κ3) is 3.27. The van der Waals surface area contributed by atoms with Gasteiger partial charge < -0.3 is 9.64 Å². The minimum absolute atomic E-state index is 0.622. The molecule has 3 aliphatic rings. The van der Waals surface area contributed by atoms with Crippen LogP contribution in [0.3, 0.4) is 0 Å². The van der Waals surface area contributed by atoms with E-state index in [1.165, 1.54) is 50.3 Å². The Morgan fingerprint density at radius 1 is 1.11 bits per heavy atom. The molecule has 0 N–H and O–H groups in total. The molecule has 3 heterocycles. The summed E-state index contributed by atoms with van der Waals surface area (Å²) in [6.45, 7) is 4.17. The quantitative estimate of drug-likeness (QED) is 0.762. The fraction of sp³-hybridized carbons (Fsp3) is 0.688. The van der Waals surface area contributed by atoms with Gasteiger partial charge in [0.1, 0.15) is 5.82 Å². The van der Waals surface area contributed by atoms with Crippen LogP contribution in [-0.4, -0.2) is 36.9 Å². The van der Waals surface area contributed by atoms with Gasteiger partial charge in [-0.15, -0.1) is 0 Å². The third-order valence-electron chi connectivity index (χ3n) is 4.32. The first kappa shape index (κ1) is 12.9. The van der Waals surface area contributed by atoms with Gasteiger partial charge in [0.15, 0.2) is 0 Å². The van der Waals surface area contributed by atoms with E-state index in [9.17, 15) is 0 Å². The smallest absolute Gasteiger partial charge is 0.128 e. The van der Waals surface area contributed by atoms with Gasteiger partial charge >= 0.3 is 0 Å². The van der Waals surface area contributed by atoms with E-state index in [0.29, 0.717) is 5.92 Å². The van der Waals surface area contributed by atoms with E-state index < -0.39 is 0 Å². The van der Waals surface area contributed by atoms with E-state index in [1.807, 2.05) is 0 Å². The summed E-state index contributed by atoms with van der Waals surface area (Å²) < 4.78 is 5.58. The lowest BCUT2D eigenvalue weighted by molar-refractivity contribution is 0.143. The number of hydrogen-bond acceptors (Lipinski definition) is 3. The van der Waals surface area contributed by atoms with E-state index in [0.717, 1.165) is 26.1 Å². The highest BCUT2D eigenvalue weighted by Crippen LogP contribution is 2.24. The zero-order chi connectivity index (χ0) is 12.9. The molecule has 1 atom stereocenters. The molecule has 3 nitrogen and oxygen atoms in total. The van der Waals surface area contributed by atoms with Crippen LogP contribution in [0.15, 0.2) is 29.0 Å². The van der Waals surface area contributed by atoms with Crippen molar-refractivity contribution in [1.29, 1.82) is 0 Å². The second kappa shape index (κ2) is 6.38. The van der Waals surface area contributed by atoms with Crippen LogP contribution in [-0.2, 0) is 4.74 Å². The van der Waals surface area contributed by atoms with Crippen molar-refractivity contribution in [3.05, 3.63) is 24.0 Å². The predicted molar refractivity (Wildman–Crippen MR) is 78.2 cm³/mol. The van der Waals surface area contributed by atoms with Gasteiger partial charge in [0.2, 0.25) is 0 Å². The van der Waals surface area contributed by atoms with Crippen LogP contribution in [0.4, 0.5) is 0 Å². The Kier molecular flexibility index (Phi) is 4.34. The van der Waals surface area contributed by atoms with Crippen LogP contribution < -0.4 is 0 Å². The van der Waals surface area contributed by atoms with E-state index >= 15 is 0 Å². The first-order valence-electron chi connectivity index (χ1n) is 7.70. The van der Waals surface area contributed by atoms with Crippen molar-refractivity contribution in [2.24, 2.45) is 10.9 Å². The molecule has 0 unspecified atom stereocenters. The summed E-state index contributed by atoms with van der Waals surface area (Å²) in [5, 5.41) is 0. The van der Waals surface area contributed by atoms with Crippen LogP contribution in [0.1, 0.15) is 38.5 Å². The number of nitrogens with zero attached hydrogens (tertiary/aromatic N) is 2. The van der Waals surface area contributed by atoms with Gasteiger partial charge in [-0.05, 0) is 44.1 Å². The Morgan fingerprint density at radius 2 is 2.00 bits per heavy atom. The minimum Gasteiger partial charge on any atom is -0.381 e. The van der Waals surface area contributed by atoms with Crippen LogP contribution >= 0.6 is 0 Å². The first-order chi connectivity index (χ1) is 9.43. The summed E-state index contributed by atoms with van der Waals surface area (Å²) in [6.07, 6.45) is 13.8. The van der Waals surface area contributed by atoms with Crippen molar-refractivity contribution >= 4 is 5.71 Å². The maximum absolute atomic E-state index is 5.58. The monoisotopic (exact) mass is 260 g/mol. The highest BCUT2D eigenvalue weighted by Gasteiger charge is 2.21. The van der Waals surface area contributed by atoms with Crippen LogP contribution in [0, 0.1) is 5.92 Å². The Bertz CT molecular complexity index is 384. The summed E-state index contributed by atoms with van der Waals surface area (Å²) >= 11 is 0. The number of aliphatic imine (C=N–C) groups is 1. The summed E-state index contributed by atoms with van der Waals surface area (Å²) in [7, 11) is 0. The number of rotatable bonds is 2. The SMILES string of the molecule is C1=CCC([C@@H]2CCCOCC2)=NC(N2CCCC2)=C1. The molecule has 0 aliphatic carbocycles. The Hall–Kier alpha value is -1.09. The van der Waals surface area contributed by atoms with Crippen molar-refractivity contribution in [2.75, 3.05) is 26.3 Å². The summed E-state index contributed by atoms with van der Waals surface area (Å²) in [5.41, 5.74) is 1.37. The van der Waals surface area contributed by atoms with Gasteiger partial charge in [-0.3, -0.25) is 0 Å². The standard InChI is InChI=1S/C16H24N2O/c1-2-8-16(18-10-3-4-11-18)17-15(7-1)14-6-5-12-19-13-9-14/h1-2,8,14H,3-7,9-13H2/t14-/m1/s1. The molecule has 0 amide bonds. The molecule has 0 saturated carbocycles. The fourth-order valence-corrected chi connectivity index (χ4v) is 3.19.